The molecule has 3 aromatic rings. The van der Waals surface area contributed by atoms with E-state index in [9.17, 15) is 14.4 Å². The first-order valence-corrected chi connectivity index (χ1v) is 9.64. The molecule has 0 aliphatic carbocycles. The number of hydrogen-bond acceptors (Lipinski definition) is 8. The van der Waals surface area contributed by atoms with E-state index in [-0.39, 0.29) is 37.8 Å². The number of amides is 2. The third-order valence-corrected chi connectivity index (χ3v) is 4.82. The average molecular weight is 421 g/mol. The van der Waals surface area contributed by atoms with Crippen LogP contribution in [0.15, 0.2) is 53.1 Å². The van der Waals surface area contributed by atoms with Crippen LogP contribution in [-0.4, -0.2) is 53.1 Å². The fourth-order valence-corrected chi connectivity index (χ4v) is 3.19. The number of carbonyl (C=O) groups is 3. The number of hydrogen-bond donors (Lipinski definition) is 0. The second-order valence-electron chi connectivity index (χ2n) is 6.77. The van der Waals surface area contributed by atoms with Gasteiger partial charge in [0.15, 0.2) is 0 Å². The standard InChI is InChI=1S/C22H19N3O6/c1-29-15-8-6-14(7-9-15)20-23-18(31-24-20)10-11-19(26)30-13-12-25-21(27)16-4-2-3-5-17(16)22(25)28/h2-9H,10-13H2,1H3. The van der Waals surface area contributed by atoms with Crippen LogP contribution in [0.5, 0.6) is 5.75 Å². The second-order valence-corrected chi connectivity index (χ2v) is 6.77. The number of esters is 1. The minimum Gasteiger partial charge on any atom is -0.497 e. The summed E-state index contributed by atoms with van der Waals surface area (Å²) in [5, 5.41) is 3.91. The number of carbonyl (C=O) groups excluding carboxylic acids is 3. The van der Waals surface area contributed by atoms with E-state index >= 15 is 0 Å². The van der Waals surface area contributed by atoms with E-state index in [0.717, 1.165) is 16.2 Å². The highest BCUT2D eigenvalue weighted by molar-refractivity contribution is 6.21. The zero-order valence-electron chi connectivity index (χ0n) is 16.7. The Morgan fingerprint density at radius 1 is 1.03 bits per heavy atom. The van der Waals surface area contributed by atoms with Crippen molar-refractivity contribution in [2.75, 3.05) is 20.3 Å². The predicted molar refractivity (Wildman–Crippen MR) is 107 cm³/mol. The Hall–Kier alpha value is -4.01. The molecule has 1 aliphatic heterocycles. The van der Waals surface area contributed by atoms with Crippen molar-refractivity contribution < 1.29 is 28.4 Å². The minimum atomic E-state index is -0.485. The molecule has 0 saturated heterocycles. The molecule has 2 amide bonds. The van der Waals surface area contributed by atoms with E-state index in [1.54, 1.807) is 55.6 Å². The maximum Gasteiger partial charge on any atom is 0.306 e. The summed E-state index contributed by atoms with van der Waals surface area (Å²) < 4.78 is 15.4. The number of methoxy groups -OCH3 is 1. The van der Waals surface area contributed by atoms with Crippen molar-refractivity contribution >= 4 is 17.8 Å². The molecule has 0 spiro atoms. The summed E-state index contributed by atoms with van der Waals surface area (Å²) in [7, 11) is 1.58. The van der Waals surface area contributed by atoms with Crippen LogP contribution in [0, 0.1) is 0 Å². The Bertz CT molecular complexity index is 1090. The second kappa shape index (κ2) is 8.78. The van der Waals surface area contributed by atoms with Crippen molar-refractivity contribution in [3.63, 3.8) is 0 Å². The molecule has 0 N–H and O–H groups in total. The van der Waals surface area contributed by atoms with Crippen LogP contribution < -0.4 is 4.74 Å². The first-order valence-electron chi connectivity index (χ1n) is 9.64. The number of ether oxygens (including phenoxy) is 2. The summed E-state index contributed by atoms with van der Waals surface area (Å²) in [5.41, 5.74) is 1.49. The summed E-state index contributed by atoms with van der Waals surface area (Å²) in [6, 6.07) is 13.8. The maximum absolute atomic E-state index is 12.3. The highest BCUT2D eigenvalue weighted by Gasteiger charge is 2.34. The summed E-state index contributed by atoms with van der Waals surface area (Å²) in [6.07, 6.45) is 0.251. The fraction of sp³-hybridized carbons (Fsp3) is 0.227. The molecule has 158 valence electrons. The van der Waals surface area contributed by atoms with Gasteiger partial charge in [0.2, 0.25) is 11.7 Å². The molecule has 0 atom stereocenters. The largest absolute Gasteiger partial charge is 0.497 e. The lowest BCUT2D eigenvalue weighted by Gasteiger charge is -2.13. The molecule has 0 bridgehead atoms. The van der Waals surface area contributed by atoms with E-state index in [0.29, 0.717) is 22.8 Å². The molecule has 0 saturated carbocycles. The lowest BCUT2D eigenvalue weighted by atomic mass is 10.1. The maximum atomic E-state index is 12.3. The van der Waals surface area contributed by atoms with Crippen molar-refractivity contribution in [3.8, 4) is 17.1 Å². The monoisotopic (exact) mass is 421 g/mol. The van der Waals surface area contributed by atoms with Crippen molar-refractivity contribution in [3.05, 3.63) is 65.5 Å². The van der Waals surface area contributed by atoms with Crippen LogP contribution in [0.3, 0.4) is 0 Å². The van der Waals surface area contributed by atoms with Crippen LogP contribution >= 0.6 is 0 Å². The van der Waals surface area contributed by atoms with Crippen LogP contribution in [0.2, 0.25) is 0 Å². The highest BCUT2D eigenvalue weighted by Crippen LogP contribution is 2.22. The molecule has 0 unspecified atom stereocenters. The smallest absolute Gasteiger partial charge is 0.306 e. The molecule has 4 rings (SSSR count). The number of nitrogens with zero attached hydrogens (tertiary/aromatic N) is 3. The summed E-state index contributed by atoms with van der Waals surface area (Å²) in [6.45, 7) is -0.0779. The van der Waals surface area contributed by atoms with Gasteiger partial charge in [0.25, 0.3) is 11.8 Å². The average Bonchev–Trinajstić information content (AvgIpc) is 3.37. The quantitative estimate of drug-likeness (QED) is 0.403. The molecule has 0 radical (unpaired) electrons. The van der Waals surface area contributed by atoms with E-state index in [1.807, 2.05) is 0 Å². The Kier molecular flexibility index (Phi) is 5.74. The Morgan fingerprint density at radius 2 is 1.71 bits per heavy atom. The van der Waals surface area contributed by atoms with Crippen molar-refractivity contribution in [2.45, 2.75) is 12.8 Å². The molecule has 1 aliphatic rings. The first kappa shape index (κ1) is 20.3. The number of aryl methyl sites for hydroxylation is 1. The third kappa shape index (κ3) is 4.30. The van der Waals surface area contributed by atoms with E-state index in [4.69, 9.17) is 14.0 Å². The lowest BCUT2D eigenvalue weighted by Crippen LogP contribution is -2.33. The Labute approximate surface area is 177 Å². The minimum absolute atomic E-state index is 0.000260. The van der Waals surface area contributed by atoms with E-state index in [2.05, 4.69) is 10.1 Å². The topological polar surface area (TPSA) is 112 Å². The predicted octanol–water partition coefficient (Wildman–Crippen LogP) is 2.52. The third-order valence-electron chi connectivity index (χ3n) is 4.82. The molecular formula is C22H19N3O6. The van der Waals surface area contributed by atoms with Gasteiger partial charge in [-0.2, -0.15) is 4.98 Å². The molecule has 2 aromatic carbocycles. The van der Waals surface area contributed by atoms with Crippen LogP contribution in [-0.2, 0) is 16.0 Å². The van der Waals surface area contributed by atoms with Crippen LogP contribution in [0.1, 0.15) is 33.0 Å². The van der Waals surface area contributed by atoms with Gasteiger partial charge in [-0.05, 0) is 36.4 Å². The van der Waals surface area contributed by atoms with Crippen LogP contribution in [0.4, 0.5) is 0 Å². The Balaban J connectivity index is 1.24. The molecule has 9 heteroatoms. The van der Waals surface area contributed by atoms with Gasteiger partial charge in [-0.25, -0.2) is 0 Å². The first-order chi connectivity index (χ1) is 15.1. The number of fused-ring (bicyclic) bond motifs is 1. The summed E-state index contributed by atoms with van der Waals surface area (Å²) in [4.78, 5) is 41.9. The molecule has 0 fully saturated rings. The number of aromatic nitrogens is 2. The van der Waals surface area contributed by atoms with Crippen molar-refractivity contribution in [1.82, 2.24) is 15.0 Å². The molecule has 1 aromatic heterocycles. The molecule has 2 heterocycles. The number of benzene rings is 2. The molecule has 31 heavy (non-hydrogen) atoms. The number of rotatable bonds is 8. The van der Waals surface area contributed by atoms with Gasteiger partial charge in [0.05, 0.1) is 31.2 Å². The van der Waals surface area contributed by atoms with Gasteiger partial charge >= 0.3 is 5.97 Å². The van der Waals surface area contributed by atoms with Gasteiger partial charge in [-0.1, -0.05) is 17.3 Å². The van der Waals surface area contributed by atoms with Gasteiger partial charge in [0, 0.05) is 12.0 Å². The molecular weight excluding hydrogens is 402 g/mol. The zero-order valence-corrected chi connectivity index (χ0v) is 16.7. The number of imide groups is 1. The fourth-order valence-electron chi connectivity index (χ4n) is 3.19. The summed E-state index contributed by atoms with van der Waals surface area (Å²) >= 11 is 0. The Morgan fingerprint density at radius 3 is 2.35 bits per heavy atom. The summed E-state index contributed by atoms with van der Waals surface area (Å²) in [5.74, 6) is 0.194. The van der Waals surface area contributed by atoms with Crippen molar-refractivity contribution in [2.24, 2.45) is 0 Å². The van der Waals surface area contributed by atoms with Crippen molar-refractivity contribution in [1.29, 1.82) is 0 Å². The SMILES string of the molecule is COc1ccc(-c2noc(CCC(=O)OCCN3C(=O)c4ccccc4C3=O)n2)cc1. The molecule has 9 nitrogen and oxygen atoms in total. The van der Waals surface area contributed by atoms with Gasteiger partial charge in [-0.3, -0.25) is 19.3 Å². The normalized spacial score (nSPS) is 12.7. The zero-order chi connectivity index (χ0) is 21.8. The van der Waals surface area contributed by atoms with Gasteiger partial charge in [0.1, 0.15) is 12.4 Å². The van der Waals surface area contributed by atoms with E-state index < -0.39 is 5.97 Å². The van der Waals surface area contributed by atoms with E-state index in [1.165, 1.54) is 0 Å². The lowest BCUT2D eigenvalue weighted by molar-refractivity contribution is -0.143. The van der Waals surface area contributed by atoms with Crippen LogP contribution in [0.25, 0.3) is 11.4 Å². The highest BCUT2D eigenvalue weighted by atomic mass is 16.5. The van der Waals surface area contributed by atoms with Gasteiger partial charge in [-0.15, -0.1) is 0 Å². The van der Waals surface area contributed by atoms with Gasteiger partial charge < -0.3 is 14.0 Å².